The smallest absolute Gasteiger partial charge is 0.293 e. The summed E-state index contributed by atoms with van der Waals surface area (Å²) < 4.78 is 10.2. The first-order valence-corrected chi connectivity index (χ1v) is 3.60. The minimum absolute atomic E-state index is 0.292. The monoisotopic (exact) mass is 154 g/mol. The highest BCUT2D eigenvalue weighted by Gasteiger charge is 2.23. The molecule has 1 aromatic rings. The average Bonchev–Trinajstić information content (AvgIpc) is 2.72. The van der Waals surface area contributed by atoms with Crippen molar-refractivity contribution in [1.29, 1.82) is 0 Å². The Hall–Kier alpha value is -1.03. The van der Waals surface area contributed by atoms with E-state index >= 15 is 0 Å². The van der Waals surface area contributed by atoms with E-state index in [1.165, 1.54) is 0 Å². The Kier molecular flexibility index (Phi) is 1.54. The number of hydrogen-bond acceptors (Lipinski definition) is 3. The van der Waals surface area contributed by atoms with Crippen molar-refractivity contribution in [2.24, 2.45) is 0 Å². The lowest BCUT2D eigenvalue weighted by Gasteiger charge is -1.96. The van der Waals surface area contributed by atoms with Crippen LogP contribution in [-0.2, 0) is 4.74 Å². The van der Waals surface area contributed by atoms with E-state index in [0.717, 1.165) is 12.3 Å². The predicted octanol–water partition coefficient (Wildman–Crippen LogP) is 0.496. The van der Waals surface area contributed by atoms with Crippen LogP contribution in [0.4, 0.5) is 0 Å². The van der Waals surface area contributed by atoms with E-state index in [1.807, 2.05) is 6.92 Å². The lowest BCUT2D eigenvalue weighted by Crippen LogP contribution is -2.04. The Balaban J connectivity index is 1.85. The number of rotatable bonds is 3. The van der Waals surface area contributed by atoms with Crippen LogP contribution >= 0.6 is 0 Å². The van der Waals surface area contributed by atoms with Crippen molar-refractivity contribution >= 4 is 0 Å². The normalized spacial score (nSPS) is 21.7. The average molecular weight is 154 g/mol. The molecule has 2 rings (SSSR count). The second-order valence-corrected chi connectivity index (χ2v) is 2.64. The molecule has 1 aliphatic heterocycles. The van der Waals surface area contributed by atoms with E-state index in [0.29, 0.717) is 18.7 Å². The molecule has 4 nitrogen and oxygen atoms in total. The van der Waals surface area contributed by atoms with Crippen LogP contribution in [0.3, 0.4) is 0 Å². The predicted molar refractivity (Wildman–Crippen MR) is 38.6 cm³/mol. The zero-order valence-corrected chi connectivity index (χ0v) is 6.33. The van der Waals surface area contributed by atoms with Crippen LogP contribution < -0.4 is 4.74 Å². The van der Waals surface area contributed by atoms with Crippen molar-refractivity contribution in [3.8, 4) is 6.01 Å². The van der Waals surface area contributed by atoms with Crippen molar-refractivity contribution in [2.45, 2.75) is 13.0 Å². The molecule has 0 aliphatic carbocycles. The molecule has 1 aliphatic rings. The van der Waals surface area contributed by atoms with Gasteiger partial charge in [0.05, 0.1) is 12.8 Å². The molecule has 0 amide bonds. The van der Waals surface area contributed by atoms with Gasteiger partial charge in [0, 0.05) is 5.69 Å². The topological polar surface area (TPSA) is 50.4 Å². The lowest BCUT2D eigenvalue weighted by atomic mass is 10.5. The van der Waals surface area contributed by atoms with Gasteiger partial charge >= 0.3 is 0 Å². The number of hydrogen-bond donors (Lipinski definition) is 1. The first-order valence-electron chi connectivity index (χ1n) is 3.60. The van der Waals surface area contributed by atoms with Crippen molar-refractivity contribution in [1.82, 2.24) is 9.97 Å². The van der Waals surface area contributed by atoms with E-state index in [2.05, 4.69) is 9.97 Å². The summed E-state index contributed by atoms with van der Waals surface area (Å²) in [4.78, 5) is 6.95. The molecule has 4 heteroatoms. The van der Waals surface area contributed by atoms with Crippen LogP contribution in [0.1, 0.15) is 5.69 Å². The molecule has 1 fully saturated rings. The third-order valence-corrected chi connectivity index (χ3v) is 1.49. The third kappa shape index (κ3) is 1.71. The second-order valence-electron chi connectivity index (χ2n) is 2.64. The number of aryl methyl sites for hydroxylation is 1. The first kappa shape index (κ1) is 6.67. The number of nitrogens with one attached hydrogen (secondary N) is 1. The van der Waals surface area contributed by atoms with Crippen LogP contribution in [0.5, 0.6) is 6.01 Å². The quantitative estimate of drug-likeness (QED) is 0.645. The third-order valence-electron chi connectivity index (χ3n) is 1.49. The number of aromatic nitrogens is 2. The number of epoxide rings is 1. The van der Waals surface area contributed by atoms with E-state index < -0.39 is 0 Å². The SMILES string of the molecule is Cc1cnc(OC[C@@H]2CO2)[nH]1. The van der Waals surface area contributed by atoms with Gasteiger partial charge in [-0.3, -0.25) is 0 Å². The molecule has 0 aromatic carbocycles. The Morgan fingerprint density at radius 3 is 3.27 bits per heavy atom. The fraction of sp³-hybridized carbons (Fsp3) is 0.571. The molecule has 0 spiro atoms. The fourth-order valence-corrected chi connectivity index (χ4v) is 0.798. The number of H-pyrrole nitrogens is 1. The number of aromatic amines is 1. The van der Waals surface area contributed by atoms with Gasteiger partial charge in [-0.2, -0.15) is 0 Å². The Bertz CT molecular complexity index is 242. The van der Waals surface area contributed by atoms with E-state index in [-0.39, 0.29) is 0 Å². The summed E-state index contributed by atoms with van der Waals surface area (Å²) >= 11 is 0. The molecular weight excluding hydrogens is 144 g/mol. The van der Waals surface area contributed by atoms with Gasteiger partial charge in [0.25, 0.3) is 6.01 Å². The molecule has 1 aromatic heterocycles. The Morgan fingerprint density at radius 1 is 1.91 bits per heavy atom. The van der Waals surface area contributed by atoms with Crippen molar-refractivity contribution < 1.29 is 9.47 Å². The fourth-order valence-electron chi connectivity index (χ4n) is 0.798. The molecule has 11 heavy (non-hydrogen) atoms. The summed E-state index contributed by atoms with van der Waals surface area (Å²) in [6.45, 7) is 3.36. The molecule has 60 valence electrons. The molecule has 0 unspecified atom stereocenters. The van der Waals surface area contributed by atoms with Gasteiger partial charge in [-0.1, -0.05) is 0 Å². The minimum Gasteiger partial charge on any atom is -0.462 e. The summed E-state index contributed by atoms with van der Waals surface area (Å²) in [5.74, 6) is 0. The van der Waals surface area contributed by atoms with Gasteiger partial charge in [-0.25, -0.2) is 4.98 Å². The summed E-state index contributed by atoms with van der Waals surface area (Å²) in [6.07, 6.45) is 2.03. The molecule has 1 saturated heterocycles. The summed E-state index contributed by atoms with van der Waals surface area (Å²) in [7, 11) is 0. The largest absolute Gasteiger partial charge is 0.462 e. The van der Waals surface area contributed by atoms with E-state index in [1.54, 1.807) is 6.20 Å². The van der Waals surface area contributed by atoms with Crippen molar-refractivity contribution in [3.05, 3.63) is 11.9 Å². The first-order chi connectivity index (χ1) is 5.34. The second kappa shape index (κ2) is 2.54. The number of ether oxygens (including phenoxy) is 2. The highest BCUT2D eigenvalue weighted by atomic mass is 16.6. The summed E-state index contributed by atoms with van der Waals surface area (Å²) in [5, 5.41) is 0. The molecular formula is C7H10N2O2. The highest BCUT2D eigenvalue weighted by Crippen LogP contribution is 2.11. The van der Waals surface area contributed by atoms with E-state index in [9.17, 15) is 0 Å². The van der Waals surface area contributed by atoms with Gasteiger partial charge in [0.2, 0.25) is 0 Å². The van der Waals surface area contributed by atoms with Gasteiger partial charge in [-0.15, -0.1) is 0 Å². The maximum atomic E-state index is 5.26. The van der Waals surface area contributed by atoms with Crippen LogP contribution in [0.25, 0.3) is 0 Å². The number of imidazole rings is 1. The maximum Gasteiger partial charge on any atom is 0.293 e. The van der Waals surface area contributed by atoms with Crippen LogP contribution in [-0.4, -0.2) is 29.3 Å². The van der Waals surface area contributed by atoms with Crippen molar-refractivity contribution in [2.75, 3.05) is 13.2 Å². The standard InChI is InChI=1S/C7H10N2O2/c1-5-2-8-7(9-5)11-4-6-3-10-6/h2,6H,3-4H2,1H3,(H,8,9)/t6-/m0/s1. The highest BCUT2D eigenvalue weighted by molar-refractivity contribution is 5.02. The molecule has 1 N–H and O–H groups in total. The molecule has 0 radical (unpaired) electrons. The van der Waals surface area contributed by atoms with Gasteiger partial charge in [-0.05, 0) is 6.92 Å². The minimum atomic E-state index is 0.292. The lowest BCUT2D eigenvalue weighted by molar-refractivity contribution is 0.248. The van der Waals surface area contributed by atoms with Gasteiger partial charge in [0.1, 0.15) is 12.7 Å². The van der Waals surface area contributed by atoms with Crippen LogP contribution in [0.15, 0.2) is 6.20 Å². The zero-order valence-electron chi connectivity index (χ0n) is 6.33. The van der Waals surface area contributed by atoms with Crippen LogP contribution in [0.2, 0.25) is 0 Å². The Morgan fingerprint density at radius 2 is 2.73 bits per heavy atom. The van der Waals surface area contributed by atoms with E-state index in [4.69, 9.17) is 9.47 Å². The number of nitrogens with zero attached hydrogens (tertiary/aromatic N) is 1. The molecule has 2 heterocycles. The zero-order chi connectivity index (χ0) is 7.68. The molecule has 0 bridgehead atoms. The molecule has 1 atom stereocenters. The molecule has 0 saturated carbocycles. The van der Waals surface area contributed by atoms with Crippen molar-refractivity contribution in [3.63, 3.8) is 0 Å². The Labute approximate surface area is 64.5 Å². The van der Waals surface area contributed by atoms with Gasteiger partial charge in [0.15, 0.2) is 0 Å². The summed E-state index contributed by atoms with van der Waals surface area (Å²) in [6, 6.07) is 0.581. The van der Waals surface area contributed by atoms with Gasteiger partial charge < -0.3 is 14.5 Å². The summed E-state index contributed by atoms with van der Waals surface area (Å²) in [5.41, 5.74) is 1.01. The van der Waals surface area contributed by atoms with Crippen LogP contribution in [0, 0.1) is 6.92 Å². The maximum absolute atomic E-state index is 5.26.